The van der Waals surface area contributed by atoms with Gasteiger partial charge in [0.05, 0.1) is 17.9 Å². The zero-order valence-electron chi connectivity index (χ0n) is 14.8. The molecule has 0 heterocycles. The average Bonchev–Trinajstić information content (AvgIpc) is 2.58. The number of aryl methyl sites for hydroxylation is 1. The van der Waals surface area contributed by atoms with Gasteiger partial charge in [0, 0.05) is 11.4 Å². The van der Waals surface area contributed by atoms with Crippen LogP contribution in [-0.4, -0.2) is 24.2 Å². The van der Waals surface area contributed by atoms with Crippen molar-refractivity contribution in [2.24, 2.45) is 0 Å². The number of ether oxygens (including phenoxy) is 1. The zero-order valence-corrected chi connectivity index (χ0v) is 15.6. The lowest BCUT2D eigenvalue weighted by molar-refractivity contribution is -0.113. The van der Waals surface area contributed by atoms with E-state index in [-0.39, 0.29) is 11.9 Å². The van der Waals surface area contributed by atoms with Crippen molar-refractivity contribution >= 4 is 29.3 Å². The summed E-state index contributed by atoms with van der Waals surface area (Å²) in [6, 6.07) is 13.4. The van der Waals surface area contributed by atoms with Gasteiger partial charge in [-0.25, -0.2) is 4.79 Å². The van der Waals surface area contributed by atoms with E-state index in [1.54, 1.807) is 36.9 Å². The Labute approximate surface area is 153 Å². The molecule has 0 atom stereocenters. The Kier molecular flexibility index (Phi) is 7.07. The molecule has 0 saturated heterocycles. The first kappa shape index (κ1) is 19.1. The van der Waals surface area contributed by atoms with Crippen LogP contribution in [0.3, 0.4) is 0 Å². The number of carbonyl (C=O) groups is 2. The molecule has 25 heavy (non-hydrogen) atoms. The van der Waals surface area contributed by atoms with Crippen molar-refractivity contribution in [2.45, 2.75) is 26.5 Å². The molecule has 0 aliphatic heterocycles. The highest BCUT2D eigenvalue weighted by atomic mass is 32.2. The number of rotatable bonds is 7. The summed E-state index contributed by atoms with van der Waals surface area (Å²) in [5.74, 6) is 0.701. The van der Waals surface area contributed by atoms with Crippen LogP contribution >= 0.6 is 11.8 Å². The highest BCUT2D eigenvalue weighted by Crippen LogP contribution is 2.21. The predicted molar refractivity (Wildman–Crippen MR) is 103 cm³/mol. The van der Waals surface area contributed by atoms with Crippen molar-refractivity contribution < 1.29 is 14.3 Å². The van der Waals surface area contributed by atoms with E-state index in [4.69, 9.17) is 4.74 Å². The largest absolute Gasteiger partial charge is 0.462 e. The quantitative estimate of drug-likeness (QED) is 0.749. The van der Waals surface area contributed by atoms with Crippen LogP contribution in [0.1, 0.15) is 34.0 Å². The van der Waals surface area contributed by atoms with Gasteiger partial charge in [-0.1, -0.05) is 30.3 Å². The lowest BCUT2D eigenvalue weighted by Crippen LogP contribution is -2.16. The molecule has 2 rings (SSSR count). The minimum atomic E-state index is -0.370. The van der Waals surface area contributed by atoms with Crippen LogP contribution in [0.2, 0.25) is 0 Å². The van der Waals surface area contributed by atoms with Gasteiger partial charge in [0.15, 0.2) is 0 Å². The molecule has 5 heteroatoms. The standard InChI is InChI=1S/C20H23NO3S/c1-4-24-20(23)17-10-7-11-18(15(17)3)21-19(22)13-25-12-16-9-6-5-8-14(16)2/h5-11H,4,12-13H2,1-3H3,(H,21,22). The Morgan fingerprint density at radius 3 is 2.56 bits per heavy atom. The van der Waals surface area contributed by atoms with Gasteiger partial charge in [0.2, 0.25) is 5.91 Å². The van der Waals surface area contributed by atoms with Crippen LogP contribution in [0.15, 0.2) is 42.5 Å². The second-order valence-electron chi connectivity index (χ2n) is 5.67. The molecule has 2 aromatic carbocycles. The molecule has 2 aromatic rings. The van der Waals surface area contributed by atoms with Crippen LogP contribution in [0.25, 0.3) is 0 Å². The summed E-state index contributed by atoms with van der Waals surface area (Å²) in [6.07, 6.45) is 0. The number of esters is 1. The molecular weight excluding hydrogens is 334 g/mol. The van der Waals surface area contributed by atoms with Crippen LogP contribution in [-0.2, 0) is 15.3 Å². The Bertz CT molecular complexity index is 758. The first-order valence-electron chi connectivity index (χ1n) is 8.21. The molecular formula is C20H23NO3S. The highest BCUT2D eigenvalue weighted by molar-refractivity contribution is 7.99. The minimum Gasteiger partial charge on any atom is -0.462 e. The van der Waals surface area contributed by atoms with E-state index in [1.807, 2.05) is 19.1 Å². The molecule has 1 amide bonds. The molecule has 0 aliphatic rings. The highest BCUT2D eigenvalue weighted by Gasteiger charge is 2.14. The molecule has 4 nitrogen and oxygen atoms in total. The van der Waals surface area contributed by atoms with Gasteiger partial charge in [-0.15, -0.1) is 11.8 Å². The van der Waals surface area contributed by atoms with Crippen molar-refractivity contribution in [3.8, 4) is 0 Å². The maximum Gasteiger partial charge on any atom is 0.338 e. The number of hydrogen-bond acceptors (Lipinski definition) is 4. The normalized spacial score (nSPS) is 10.4. The summed E-state index contributed by atoms with van der Waals surface area (Å²) in [5.41, 5.74) is 4.31. The van der Waals surface area contributed by atoms with E-state index in [1.165, 1.54) is 11.1 Å². The second-order valence-corrected chi connectivity index (χ2v) is 6.65. The van der Waals surface area contributed by atoms with Gasteiger partial charge in [0.25, 0.3) is 0 Å². The summed E-state index contributed by atoms with van der Waals surface area (Å²) < 4.78 is 5.04. The van der Waals surface area contributed by atoms with E-state index in [0.29, 0.717) is 23.6 Å². The molecule has 0 saturated carbocycles. The third kappa shape index (κ3) is 5.36. The van der Waals surface area contributed by atoms with Crippen molar-refractivity contribution in [2.75, 3.05) is 17.7 Å². The van der Waals surface area contributed by atoms with Crippen molar-refractivity contribution in [1.82, 2.24) is 0 Å². The first-order chi connectivity index (χ1) is 12.0. The fourth-order valence-electron chi connectivity index (χ4n) is 2.41. The van der Waals surface area contributed by atoms with Crippen LogP contribution in [0, 0.1) is 13.8 Å². The van der Waals surface area contributed by atoms with Crippen molar-refractivity contribution in [1.29, 1.82) is 0 Å². The van der Waals surface area contributed by atoms with E-state index in [0.717, 1.165) is 11.3 Å². The Balaban J connectivity index is 1.93. The summed E-state index contributed by atoms with van der Waals surface area (Å²) in [7, 11) is 0. The van der Waals surface area contributed by atoms with Gasteiger partial charge < -0.3 is 10.1 Å². The number of thioether (sulfide) groups is 1. The van der Waals surface area contributed by atoms with E-state index in [2.05, 4.69) is 24.4 Å². The number of anilines is 1. The molecule has 0 aromatic heterocycles. The molecule has 1 N–H and O–H groups in total. The van der Waals surface area contributed by atoms with Crippen molar-refractivity contribution in [3.05, 3.63) is 64.7 Å². The summed E-state index contributed by atoms with van der Waals surface area (Å²) in [6.45, 7) is 5.97. The topological polar surface area (TPSA) is 55.4 Å². The Hall–Kier alpha value is -2.27. The van der Waals surface area contributed by atoms with Gasteiger partial charge in [0.1, 0.15) is 0 Å². The first-order valence-corrected chi connectivity index (χ1v) is 9.37. The third-order valence-corrected chi connectivity index (χ3v) is 4.84. The molecule has 0 spiro atoms. The van der Waals surface area contributed by atoms with Gasteiger partial charge in [-0.05, 0) is 49.6 Å². The smallest absolute Gasteiger partial charge is 0.338 e. The lowest BCUT2D eigenvalue weighted by Gasteiger charge is -2.12. The molecule has 0 fully saturated rings. The number of benzene rings is 2. The van der Waals surface area contributed by atoms with E-state index in [9.17, 15) is 9.59 Å². The fraction of sp³-hybridized carbons (Fsp3) is 0.300. The average molecular weight is 357 g/mol. The molecule has 0 radical (unpaired) electrons. The molecule has 0 bridgehead atoms. The molecule has 0 aliphatic carbocycles. The number of hydrogen-bond donors (Lipinski definition) is 1. The maximum absolute atomic E-state index is 12.2. The van der Waals surface area contributed by atoms with Crippen LogP contribution < -0.4 is 5.32 Å². The van der Waals surface area contributed by atoms with Crippen LogP contribution in [0.5, 0.6) is 0 Å². The Morgan fingerprint density at radius 2 is 1.84 bits per heavy atom. The summed E-state index contributed by atoms with van der Waals surface area (Å²) in [4.78, 5) is 24.1. The number of amides is 1. The third-order valence-electron chi connectivity index (χ3n) is 3.86. The Morgan fingerprint density at radius 1 is 1.08 bits per heavy atom. The summed E-state index contributed by atoms with van der Waals surface area (Å²) >= 11 is 1.57. The predicted octanol–water partition coefficient (Wildman–Crippen LogP) is 4.35. The zero-order chi connectivity index (χ0) is 18.2. The lowest BCUT2D eigenvalue weighted by atomic mass is 10.1. The van der Waals surface area contributed by atoms with Crippen LogP contribution in [0.4, 0.5) is 5.69 Å². The number of nitrogens with one attached hydrogen (secondary N) is 1. The fourth-order valence-corrected chi connectivity index (χ4v) is 3.32. The van der Waals surface area contributed by atoms with Gasteiger partial charge in [-0.2, -0.15) is 0 Å². The van der Waals surface area contributed by atoms with Gasteiger partial charge >= 0.3 is 5.97 Å². The SMILES string of the molecule is CCOC(=O)c1cccc(NC(=O)CSCc2ccccc2C)c1C. The second kappa shape index (κ2) is 9.28. The van der Waals surface area contributed by atoms with E-state index < -0.39 is 0 Å². The van der Waals surface area contributed by atoms with Gasteiger partial charge in [-0.3, -0.25) is 4.79 Å². The summed E-state index contributed by atoms with van der Waals surface area (Å²) in [5, 5.41) is 2.88. The monoisotopic (exact) mass is 357 g/mol. The van der Waals surface area contributed by atoms with E-state index >= 15 is 0 Å². The molecule has 0 unspecified atom stereocenters. The van der Waals surface area contributed by atoms with Crippen molar-refractivity contribution in [3.63, 3.8) is 0 Å². The number of carbonyl (C=O) groups excluding carboxylic acids is 2. The minimum absolute atomic E-state index is 0.0808. The maximum atomic E-state index is 12.2. The molecule has 132 valence electrons.